The third kappa shape index (κ3) is 3.11. The van der Waals surface area contributed by atoms with Crippen LogP contribution in [0, 0.1) is 0 Å². The van der Waals surface area contributed by atoms with Crippen molar-refractivity contribution in [1.29, 1.82) is 0 Å². The summed E-state index contributed by atoms with van der Waals surface area (Å²) in [4.78, 5) is 0. The normalized spacial score (nSPS) is 18.0. The summed E-state index contributed by atoms with van der Waals surface area (Å²) in [6.45, 7) is 3.20. The summed E-state index contributed by atoms with van der Waals surface area (Å²) in [6.07, 6.45) is 2.22. The Hall–Kier alpha value is -1.02. The van der Waals surface area contributed by atoms with Crippen molar-refractivity contribution in [3.05, 3.63) is 69.2 Å². The summed E-state index contributed by atoms with van der Waals surface area (Å²) in [7, 11) is 0. The second kappa shape index (κ2) is 6.39. The lowest BCUT2D eigenvalue weighted by Gasteiger charge is -2.32. The third-order valence-electron chi connectivity index (χ3n) is 4.33. The van der Waals surface area contributed by atoms with Crippen LogP contribution < -0.4 is 5.32 Å². The maximum absolute atomic E-state index is 6.12. The molecule has 0 fully saturated rings. The van der Waals surface area contributed by atoms with Gasteiger partial charge >= 0.3 is 0 Å². The Morgan fingerprint density at radius 3 is 2.67 bits per heavy atom. The average molecular weight is 320 g/mol. The molecule has 0 aromatic heterocycles. The van der Waals surface area contributed by atoms with E-state index in [9.17, 15) is 0 Å². The number of hydrogen-bond acceptors (Lipinski definition) is 1. The van der Waals surface area contributed by atoms with Crippen LogP contribution in [0.1, 0.15) is 42.0 Å². The zero-order valence-corrected chi connectivity index (χ0v) is 13.6. The summed E-state index contributed by atoms with van der Waals surface area (Å²) >= 11 is 12.1. The maximum atomic E-state index is 6.12. The fourth-order valence-corrected chi connectivity index (χ4v) is 3.36. The van der Waals surface area contributed by atoms with Gasteiger partial charge in [-0.1, -0.05) is 60.5 Å². The lowest BCUT2D eigenvalue weighted by molar-refractivity contribution is 0.461. The summed E-state index contributed by atoms with van der Waals surface area (Å²) in [5, 5.41) is 4.92. The van der Waals surface area contributed by atoms with Crippen molar-refractivity contribution in [1.82, 2.24) is 5.32 Å². The van der Waals surface area contributed by atoms with Gasteiger partial charge in [0.05, 0.1) is 10.0 Å². The molecule has 1 N–H and O–H groups in total. The lowest BCUT2D eigenvalue weighted by Crippen LogP contribution is -2.31. The fraction of sp³-hybridized carbons (Fsp3) is 0.333. The molecule has 0 radical (unpaired) electrons. The van der Waals surface area contributed by atoms with Gasteiger partial charge < -0.3 is 5.32 Å². The molecule has 0 spiro atoms. The molecule has 1 aliphatic carbocycles. The predicted octanol–water partition coefficient (Wildman–Crippen LogP) is 5.37. The van der Waals surface area contributed by atoms with E-state index in [1.54, 1.807) is 0 Å². The number of halogens is 2. The van der Waals surface area contributed by atoms with Gasteiger partial charge in [-0.15, -0.1) is 0 Å². The van der Waals surface area contributed by atoms with Crippen molar-refractivity contribution in [2.75, 3.05) is 6.54 Å². The average Bonchev–Trinajstić information content (AvgIpc) is 2.47. The zero-order valence-electron chi connectivity index (χ0n) is 12.1. The molecule has 0 amide bonds. The predicted molar refractivity (Wildman–Crippen MR) is 90.4 cm³/mol. The van der Waals surface area contributed by atoms with Crippen molar-refractivity contribution in [3.63, 3.8) is 0 Å². The topological polar surface area (TPSA) is 12.0 Å². The Balaban J connectivity index is 1.65. The Labute approximate surface area is 136 Å². The lowest BCUT2D eigenvalue weighted by atomic mass is 9.77. The molecule has 0 bridgehead atoms. The van der Waals surface area contributed by atoms with Crippen molar-refractivity contribution < 1.29 is 0 Å². The zero-order chi connectivity index (χ0) is 14.8. The van der Waals surface area contributed by atoms with E-state index in [0.29, 0.717) is 22.0 Å². The second-order valence-corrected chi connectivity index (χ2v) is 6.46. The van der Waals surface area contributed by atoms with Gasteiger partial charge in [-0.25, -0.2) is 0 Å². The minimum absolute atomic E-state index is 0.326. The van der Waals surface area contributed by atoms with Crippen molar-refractivity contribution >= 4 is 23.2 Å². The molecule has 2 unspecified atom stereocenters. The molecule has 2 atom stereocenters. The van der Waals surface area contributed by atoms with E-state index >= 15 is 0 Å². The first-order chi connectivity index (χ1) is 10.2. The standard InChI is InChI=1S/C18H19Cl2N/c1-2-18(13-7-8-16(19)17(20)10-13)21-11-14-9-12-5-3-4-6-15(12)14/h3-8,10,14,18,21H,2,9,11H2,1H3. The highest BCUT2D eigenvalue weighted by Crippen LogP contribution is 2.35. The van der Waals surface area contributed by atoms with Crippen molar-refractivity contribution in [2.45, 2.75) is 31.7 Å². The number of hydrogen-bond donors (Lipinski definition) is 1. The van der Waals surface area contributed by atoms with Gasteiger partial charge in [0.25, 0.3) is 0 Å². The molecule has 1 aliphatic rings. The quantitative estimate of drug-likeness (QED) is 0.780. The van der Waals surface area contributed by atoms with Gasteiger partial charge in [0.15, 0.2) is 0 Å². The summed E-state index contributed by atoms with van der Waals surface area (Å²) < 4.78 is 0. The van der Waals surface area contributed by atoms with Gasteiger partial charge in [-0.3, -0.25) is 0 Å². The Morgan fingerprint density at radius 2 is 1.95 bits per heavy atom. The second-order valence-electron chi connectivity index (χ2n) is 5.64. The van der Waals surface area contributed by atoms with E-state index in [1.807, 2.05) is 12.1 Å². The van der Waals surface area contributed by atoms with E-state index in [-0.39, 0.29) is 0 Å². The summed E-state index contributed by atoms with van der Waals surface area (Å²) in [5.74, 6) is 0.637. The highest BCUT2D eigenvalue weighted by atomic mass is 35.5. The van der Waals surface area contributed by atoms with Crippen LogP contribution in [-0.2, 0) is 6.42 Å². The van der Waals surface area contributed by atoms with E-state index in [1.165, 1.54) is 23.1 Å². The van der Waals surface area contributed by atoms with Gasteiger partial charge in [-0.05, 0) is 41.7 Å². The van der Waals surface area contributed by atoms with E-state index in [4.69, 9.17) is 23.2 Å². The molecule has 21 heavy (non-hydrogen) atoms. The number of benzene rings is 2. The molecule has 110 valence electrons. The Kier molecular flexibility index (Phi) is 4.54. The molecule has 1 nitrogen and oxygen atoms in total. The first-order valence-electron chi connectivity index (χ1n) is 7.45. The van der Waals surface area contributed by atoms with E-state index in [2.05, 4.69) is 42.6 Å². The van der Waals surface area contributed by atoms with Gasteiger partial charge in [0.2, 0.25) is 0 Å². The van der Waals surface area contributed by atoms with Crippen LogP contribution in [0.25, 0.3) is 0 Å². The summed E-state index contributed by atoms with van der Waals surface area (Å²) in [6, 6.07) is 14.9. The Morgan fingerprint density at radius 1 is 1.14 bits per heavy atom. The molecule has 0 aliphatic heterocycles. The fourth-order valence-electron chi connectivity index (χ4n) is 3.06. The molecule has 3 heteroatoms. The highest BCUT2D eigenvalue weighted by Gasteiger charge is 2.25. The molecular formula is C18H19Cl2N. The van der Waals surface area contributed by atoms with Crippen LogP contribution in [0.5, 0.6) is 0 Å². The van der Waals surface area contributed by atoms with Crippen LogP contribution in [-0.4, -0.2) is 6.54 Å². The molecule has 0 heterocycles. The van der Waals surface area contributed by atoms with Crippen molar-refractivity contribution in [3.8, 4) is 0 Å². The minimum atomic E-state index is 0.326. The number of nitrogens with one attached hydrogen (secondary N) is 1. The van der Waals surface area contributed by atoms with E-state index in [0.717, 1.165) is 13.0 Å². The highest BCUT2D eigenvalue weighted by molar-refractivity contribution is 6.42. The first kappa shape index (κ1) is 14.9. The SMILES string of the molecule is CCC(NCC1Cc2ccccc21)c1ccc(Cl)c(Cl)c1. The first-order valence-corrected chi connectivity index (χ1v) is 8.20. The van der Waals surface area contributed by atoms with Gasteiger partial charge in [0, 0.05) is 18.5 Å². The van der Waals surface area contributed by atoms with Crippen LogP contribution in [0.4, 0.5) is 0 Å². The van der Waals surface area contributed by atoms with Crippen molar-refractivity contribution in [2.24, 2.45) is 0 Å². The van der Waals surface area contributed by atoms with E-state index < -0.39 is 0 Å². The minimum Gasteiger partial charge on any atom is -0.309 e. The number of rotatable bonds is 5. The monoisotopic (exact) mass is 319 g/mol. The Bertz CT molecular complexity index is 639. The third-order valence-corrected chi connectivity index (χ3v) is 5.07. The summed E-state index contributed by atoms with van der Waals surface area (Å²) in [5.41, 5.74) is 4.19. The molecule has 2 aromatic rings. The largest absolute Gasteiger partial charge is 0.309 e. The molecule has 0 saturated heterocycles. The van der Waals surface area contributed by atoms with Crippen LogP contribution in [0.15, 0.2) is 42.5 Å². The van der Waals surface area contributed by atoms with Gasteiger partial charge in [0.1, 0.15) is 0 Å². The molecule has 0 saturated carbocycles. The molecule has 2 aromatic carbocycles. The van der Waals surface area contributed by atoms with Gasteiger partial charge in [-0.2, -0.15) is 0 Å². The molecule has 3 rings (SSSR count). The number of fused-ring (bicyclic) bond motifs is 1. The van der Waals surface area contributed by atoms with Crippen LogP contribution >= 0.6 is 23.2 Å². The van der Waals surface area contributed by atoms with Crippen LogP contribution in [0.2, 0.25) is 10.0 Å². The van der Waals surface area contributed by atoms with Crippen LogP contribution in [0.3, 0.4) is 0 Å². The smallest absolute Gasteiger partial charge is 0.0595 e. The maximum Gasteiger partial charge on any atom is 0.0595 e. The molecular weight excluding hydrogens is 301 g/mol.